The van der Waals surface area contributed by atoms with Crippen molar-refractivity contribution in [2.45, 2.75) is 19.8 Å². The molecule has 7 heteroatoms. The Labute approximate surface area is 128 Å². The second-order valence-electron chi connectivity index (χ2n) is 4.87. The Morgan fingerprint density at radius 1 is 1.33 bits per heavy atom. The van der Waals surface area contributed by atoms with Gasteiger partial charge in [-0.15, -0.1) is 0 Å². The monoisotopic (exact) mass is 307 g/mol. The van der Waals surface area contributed by atoms with Gasteiger partial charge in [0.15, 0.2) is 11.7 Å². The first-order valence-electron chi connectivity index (χ1n) is 6.64. The van der Waals surface area contributed by atoms with Crippen LogP contribution in [0.1, 0.15) is 18.4 Å². The van der Waals surface area contributed by atoms with Gasteiger partial charge in [0.05, 0.1) is 0 Å². The number of ether oxygens (including phenoxy) is 1. The third-order valence-corrected chi connectivity index (χ3v) is 3.06. The molecule has 0 spiro atoms. The van der Waals surface area contributed by atoms with Crippen LogP contribution in [0.4, 0.5) is 0 Å². The molecule has 0 heterocycles. The Morgan fingerprint density at radius 2 is 2.10 bits per heavy atom. The molecule has 2 amide bonds. The van der Waals surface area contributed by atoms with Gasteiger partial charge in [0.2, 0.25) is 5.91 Å². The number of rotatable bonds is 4. The third-order valence-electron chi connectivity index (χ3n) is 2.86. The van der Waals surface area contributed by atoms with E-state index in [1.54, 1.807) is 6.07 Å². The van der Waals surface area contributed by atoms with Crippen LogP contribution in [0.5, 0.6) is 5.75 Å². The molecule has 0 aliphatic heterocycles. The number of amides is 2. The Bertz CT molecular complexity index is 558. The largest absolute Gasteiger partial charge is 0.484 e. The Balaban J connectivity index is 1.66. The Hall–Kier alpha value is -2.15. The molecule has 0 bridgehead atoms. The summed E-state index contributed by atoms with van der Waals surface area (Å²) in [6, 6.07) is 7.39. The quantitative estimate of drug-likeness (QED) is 0.566. The van der Waals surface area contributed by atoms with Gasteiger partial charge in [-0.05, 0) is 49.7 Å². The van der Waals surface area contributed by atoms with E-state index in [1.807, 2.05) is 25.1 Å². The van der Waals surface area contributed by atoms with Crippen LogP contribution >= 0.6 is 12.2 Å². The van der Waals surface area contributed by atoms with Crippen molar-refractivity contribution in [1.29, 1.82) is 0 Å². The van der Waals surface area contributed by atoms with E-state index >= 15 is 0 Å². The normalized spacial score (nSPS) is 13.2. The lowest BCUT2D eigenvalue weighted by Gasteiger charge is -2.11. The highest BCUT2D eigenvalue weighted by Crippen LogP contribution is 2.28. The van der Waals surface area contributed by atoms with Crippen LogP contribution in [-0.4, -0.2) is 23.5 Å². The summed E-state index contributed by atoms with van der Waals surface area (Å²) in [7, 11) is 0. The average Bonchev–Trinajstić information content (AvgIpc) is 3.27. The standard InChI is InChI=1S/C14H17N3O3S/c1-9-3-2-4-11(7-9)20-8-12(18)15-14(21)17-16-13(19)10-5-6-10/h2-4,7,10H,5-6,8H2,1H3,(H,16,19)(H2,15,17,18,21). The van der Waals surface area contributed by atoms with E-state index in [4.69, 9.17) is 17.0 Å². The summed E-state index contributed by atoms with van der Waals surface area (Å²) in [6.07, 6.45) is 1.80. The van der Waals surface area contributed by atoms with Crippen LogP contribution in [0, 0.1) is 12.8 Å². The molecule has 0 aromatic heterocycles. The highest BCUT2D eigenvalue weighted by molar-refractivity contribution is 7.80. The maximum atomic E-state index is 11.6. The smallest absolute Gasteiger partial charge is 0.264 e. The van der Waals surface area contributed by atoms with Gasteiger partial charge in [-0.1, -0.05) is 12.1 Å². The van der Waals surface area contributed by atoms with Crippen LogP contribution in [-0.2, 0) is 9.59 Å². The number of carbonyl (C=O) groups is 2. The van der Waals surface area contributed by atoms with Crippen LogP contribution in [0.15, 0.2) is 24.3 Å². The predicted molar refractivity (Wildman–Crippen MR) is 81.4 cm³/mol. The van der Waals surface area contributed by atoms with E-state index in [9.17, 15) is 9.59 Å². The molecule has 0 unspecified atom stereocenters. The van der Waals surface area contributed by atoms with Gasteiger partial charge in [-0.3, -0.25) is 25.8 Å². The molecule has 1 aromatic rings. The number of thiocarbonyl (C=S) groups is 1. The van der Waals surface area contributed by atoms with Gasteiger partial charge in [0, 0.05) is 5.92 Å². The molecule has 1 saturated carbocycles. The average molecular weight is 307 g/mol. The Morgan fingerprint density at radius 3 is 2.76 bits per heavy atom. The van der Waals surface area contributed by atoms with Crippen molar-refractivity contribution >= 4 is 29.1 Å². The van der Waals surface area contributed by atoms with E-state index in [0.29, 0.717) is 5.75 Å². The van der Waals surface area contributed by atoms with Crippen molar-refractivity contribution in [2.24, 2.45) is 5.92 Å². The van der Waals surface area contributed by atoms with Gasteiger partial charge in [-0.2, -0.15) is 0 Å². The molecule has 0 atom stereocenters. The number of aryl methyl sites for hydroxylation is 1. The highest BCUT2D eigenvalue weighted by Gasteiger charge is 2.29. The van der Waals surface area contributed by atoms with Gasteiger partial charge in [0.25, 0.3) is 5.91 Å². The van der Waals surface area contributed by atoms with E-state index in [0.717, 1.165) is 18.4 Å². The van der Waals surface area contributed by atoms with E-state index in [1.165, 1.54) is 0 Å². The van der Waals surface area contributed by atoms with Crippen molar-refractivity contribution in [3.05, 3.63) is 29.8 Å². The van der Waals surface area contributed by atoms with Gasteiger partial charge < -0.3 is 4.74 Å². The number of nitrogens with one attached hydrogen (secondary N) is 3. The maximum absolute atomic E-state index is 11.6. The number of hydrogen-bond donors (Lipinski definition) is 3. The minimum Gasteiger partial charge on any atom is -0.484 e. The summed E-state index contributed by atoms with van der Waals surface area (Å²) in [5.41, 5.74) is 5.98. The fraction of sp³-hybridized carbons (Fsp3) is 0.357. The third kappa shape index (κ3) is 5.39. The Kier molecular flexibility index (Phi) is 5.10. The van der Waals surface area contributed by atoms with Crippen molar-refractivity contribution in [2.75, 3.05) is 6.61 Å². The fourth-order valence-electron chi connectivity index (χ4n) is 1.61. The van der Waals surface area contributed by atoms with Gasteiger partial charge in [0.1, 0.15) is 5.75 Å². The highest BCUT2D eigenvalue weighted by atomic mass is 32.1. The van der Waals surface area contributed by atoms with Gasteiger partial charge in [-0.25, -0.2) is 0 Å². The molecule has 0 saturated heterocycles. The second-order valence-corrected chi connectivity index (χ2v) is 5.28. The lowest BCUT2D eigenvalue weighted by atomic mass is 10.2. The SMILES string of the molecule is Cc1cccc(OCC(=O)NC(=S)NNC(=O)C2CC2)c1. The van der Waals surface area contributed by atoms with Gasteiger partial charge >= 0.3 is 0 Å². The van der Waals surface area contributed by atoms with E-state index < -0.39 is 5.91 Å². The van der Waals surface area contributed by atoms with Crippen molar-refractivity contribution < 1.29 is 14.3 Å². The lowest BCUT2D eigenvalue weighted by Crippen LogP contribution is -2.49. The first-order chi connectivity index (χ1) is 10.0. The molecule has 112 valence electrons. The zero-order valence-corrected chi connectivity index (χ0v) is 12.5. The molecule has 6 nitrogen and oxygen atoms in total. The van der Waals surface area contributed by atoms with Crippen molar-refractivity contribution in [3.8, 4) is 5.75 Å². The summed E-state index contributed by atoms with van der Waals surface area (Å²) in [6.45, 7) is 1.79. The molecular formula is C14H17N3O3S. The summed E-state index contributed by atoms with van der Waals surface area (Å²) in [4.78, 5) is 23.0. The predicted octanol–water partition coefficient (Wildman–Crippen LogP) is 0.806. The molecule has 2 rings (SSSR count). The minimum absolute atomic E-state index is 0.0434. The first kappa shape index (κ1) is 15.2. The molecule has 0 radical (unpaired) electrons. The number of benzene rings is 1. The molecule has 1 aliphatic carbocycles. The zero-order valence-electron chi connectivity index (χ0n) is 11.6. The summed E-state index contributed by atoms with van der Waals surface area (Å²) in [5.74, 6) is 0.184. The summed E-state index contributed by atoms with van der Waals surface area (Å²) in [5, 5.41) is 2.46. The van der Waals surface area contributed by atoms with Crippen LogP contribution in [0.2, 0.25) is 0 Å². The summed E-state index contributed by atoms with van der Waals surface area (Å²) >= 11 is 4.89. The fourth-order valence-corrected chi connectivity index (χ4v) is 1.78. The molecule has 1 aliphatic rings. The van der Waals surface area contributed by atoms with E-state index in [-0.39, 0.29) is 23.5 Å². The van der Waals surface area contributed by atoms with Crippen molar-refractivity contribution in [3.63, 3.8) is 0 Å². The molecule has 1 aromatic carbocycles. The summed E-state index contributed by atoms with van der Waals surface area (Å²) < 4.78 is 5.34. The van der Waals surface area contributed by atoms with Crippen LogP contribution in [0.25, 0.3) is 0 Å². The lowest BCUT2D eigenvalue weighted by molar-refractivity contribution is -0.123. The number of hydrogen-bond acceptors (Lipinski definition) is 4. The molecule has 3 N–H and O–H groups in total. The molecule has 1 fully saturated rings. The second kappa shape index (κ2) is 7.03. The van der Waals surface area contributed by atoms with Crippen LogP contribution in [0.3, 0.4) is 0 Å². The molecular weight excluding hydrogens is 290 g/mol. The minimum atomic E-state index is -0.394. The number of carbonyl (C=O) groups excluding carboxylic acids is 2. The number of hydrazine groups is 1. The molecule has 21 heavy (non-hydrogen) atoms. The zero-order chi connectivity index (χ0) is 15.2. The van der Waals surface area contributed by atoms with Crippen LogP contribution < -0.4 is 20.9 Å². The topological polar surface area (TPSA) is 79.5 Å². The first-order valence-corrected chi connectivity index (χ1v) is 7.04. The van der Waals surface area contributed by atoms with E-state index in [2.05, 4.69) is 16.2 Å². The van der Waals surface area contributed by atoms with Crippen molar-refractivity contribution in [1.82, 2.24) is 16.2 Å². The maximum Gasteiger partial charge on any atom is 0.264 e.